The van der Waals surface area contributed by atoms with E-state index in [1.807, 2.05) is 0 Å². The van der Waals surface area contributed by atoms with Gasteiger partial charge in [-0.2, -0.15) is 0 Å². The van der Waals surface area contributed by atoms with Gasteiger partial charge in [-0.15, -0.1) is 0 Å². The highest BCUT2D eigenvalue weighted by molar-refractivity contribution is 5.81. The van der Waals surface area contributed by atoms with Crippen LogP contribution in [0.25, 0.3) is 16.6 Å². The van der Waals surface area contributed by atoms with E-state index in [1.165, 1.54) is 6.07 Å². The molecule has 0 saturated carbocycles. The molecule has 1 aromatic heterocycles. The minimum atomic E-state index is -0.601. The van der Waals surface area contributed by atoms with Gasteiger partial charge in [-0.3, -0.25) is 4.79 Å². The highest BCUT2D eigenvalue weighted by atomic mass is 19.1. The maximum Gasteiger partial charge on any atom is 0.333 e. The van der Waals surface area contributed by atoms with Gasteiger partial charge < -0.3 is 16.0 Å². The summed E-state index contributed by atoms with van der Waals surface area (Å²) in [6, 6.07) is 8.76. The number of aromatic amines is 1. The summed E-state index contributed by atoms with van der Waals surface area (Å²) < 4.78 is 14.8. The fraction of sp³-hybridized carbons (Fsp3) is 0.0667. The minimum Gasteiger partial charge on any atom is -0.399 e. The lowest BCUT2D eigenvalue weighted by molar-refractivity contribution is 0.632. The van der Waals surface area contributed by atoms with Gasteiger partial charge in [0.25, 0.3) is 5.56 Å². The van der Waals surface area contributed by atoms with Crippen LogP contribution in [0.1, 0.15) is 0 Å². The molecule has 7 heteroatoms. The molecule has 0 atom stereocenters. The predicted molar refractivity (Wildman–Crippen MR) is 84.1 cm³/mol. The number of hydrogen-bond donors (Lipinski definition) is 3. The standard InChI is InChI=1S/C15H13FN4O2/c1-18-13-7-12-10(6-11(13)16)14(21)20(15(22)19-12)9-4-2-8(17)3-5-9/h2-7,18H,17H2,1H3,(H,19,22). The molecule has 0 spiro atoms. The fourth-order valence-electron chi connectivity index (χ4n) is 2.29. The molecular weight excluding hydrogens is 287 g/mol. The first-order chi connectivity index (χ1) is 10.5. The van der Waals surface area contributed by atoms with Gasteiger partial charge in [0.05, 0.1) is 22.3 Å². The number of anilines is 2. The van der Waals surface area contributed by atoms with E-state index in [0.29, 0.717) is 11.4 Å². The van der Waals surface area contributed by atoms with E-state index in [4.69, 9.17) is 5.73 Å². The number of nitrogens with one attached hydrogen (secondary N) is 2. The summed E-state index contributed by atoms with van der Waals surface area (Å²) in [5.74, 6) is -0.567. The summed E-state index contributed by atoms with van der Waals surface area (Å²) >= 11 is 0. The van der Waals surface area contributed by atoms with E-state index in [0.717, 1.165) is 10.6 Å². The molecule has 0 unspecified atom stereocenters. The Kier molecular flexibility index (Phi) is 3.17. The lowest BCUT2D eigenvalue weighted by Crippen LogP contribution is -2.33. The lowest BCUT2D eigenvalue weighted by Gasteiger charge is -2.08. The highest BCUT2D eigenvalue weighted by Gasteiger charge is 2.12. The normalized spacial score (nSPS) is 10.8. The van der Waals surface area contributed by atoms with Crippen LogP contribution >= 0.6 is 0 Å². The summed E-state index contributed by atoms with van der Waals surface area (Å²) in [5, 5.41) is 2.75. The Morgan fingerprint density at radius 1 is 1.18 bits per heavy atom. The molecule has 3 aromatic rings. The van der Waals surface area contributed by atoms with E-state index in [1.54, 1.807) is 31.3 Å². The molecule has 0 amide bonds. The third kappa shape index (κ3) is 2.12. The van der Waals surface area contributed by atoms with E-state index >= 15 is 0 Å². The molecule has 4 N–H and O–H groups in total. The quantitative estimate of drug-likeness (QED) is 0.624. The monoisotopic (exact) mass is 300 g/mol. The molecule has 0 saturated heterocycles. The van der Waals surface area contributed by atoms with Gasteiger partial charge in [0.1, 0.15) is 5.82 Å². The van der Waals surface area contributed by atoms with Gasteiger partial charge >= 0.3 is 5.69 Å². The van der Waals surface area contributed by atoms with Crippen molar-refractivity contribution in [3.63, 3.8) is 0 Å². The van der Waals surface area contributed by atoms with Gasteiger partial charge in [0.15, 0.2) is 0 Å². The van der Waals surface area contributed by atoms with E-state index in [-0.39, 0.29) is 16.6 Å². The van der Waals surface area contributed by atoms with Crippen molar-refractivity contribution in [1.29, 1.82) is 0 Å². The van der Waals surface area contributed by atoms with Crippen LogP contribution in [0.2, 0.25) is 0 Å². The molecule has 2 aromatic carbocycles. The second kappa shape index (κ2) is 5.03. The number of hydrogen-bond acceptors (Lipinski definition) is 4. The maximum absolute atomic E-state index is 13.9. The Labute approximate surface area is 124 Å². The van der Waals surface area contributed by atoms with Crippen LogP contribution in [0.15, 0.2) is 46.0 Å². The van der Waals surface area contributed by atoms with Crippen LogP contribution < -0.4 is 22.3 Å². The van der Waals surface area contributed by atoms with Crippen LogP contribution in [0, 0.1) is 5.82 Å². The Morgan fingerprint density at radius 3 is 2.50 bits per heavy atom. The van der Waals surface area contributed by atoms with Crippen molar-refractivity contribution in [2.24, 2.45) is 0 Å². The van der Waals surface area contributed by atoms with Crippen LogP contribution in [-0.4, -0.2) is 16.6 Å². The number of rotatable bonds is 2. The van der Waals surface area contributed by atoms with Crippen molar-refractivity contribution in [3.8, 4) is 5.69 Å². The number of nitrogen functional groups attached to an aromatic ring is 1. The second-order valence-corrected chi connectivity index (χ2v) is 4.79. The van der Waals surface area contributed by atoms with Gasteiger partial charge in [0, 0.05) is 12.7 Å². The highest BCUT2D eigenvalue weighted by Crippen LogP contribution is 2.18. The molecule has 0 aliphatic carbocycles. The SMILES string of the molecule is CNc1cc2[nH]c(=O)n(-c3ccc(N)cc3)c(=O)c2cc1F. The molecule has 1 heterocycles. The number of fused-ring (bicyclic) bond motifs is 1. The average molecular weight is 300 g/mol. The number of benzene rings is 2. The van der Waals surface area contributed by atoms with Crippen LogP contribution in [0.4, 0.5) is 15.8 Å². The summed E-state index contributed by atoms with van der Waals surface area (Å²) in [4.78, 5) is 27.3. The average Bonchev–Trinajstić information content (AvgIpc) is 2.49. The molecule has 0 radical (unpaired) electrons. The Morgan fingerprint density at radius 2 is 1.86 bits per heavy atom. The van der Waals surface area contributed by atoms with Crippen LogP contribution in [0.5, 0.6) is 0 Å². The first-order valence-corrected chi connectivity index (χ1v) is 6.53. The smallest absolute Gasteiger partial charge is 0.333 e. The number of nitrogens with zero attached hydrogens (tertiary/aromatic N) is 1. The summed E-state index contributed by atoms with van der Waals surface area (Å²) in [6.45, 7) is 0. The van der Waals surface area contributed by atoms with Gasteiger partial charge in [0.2, 0.25) is 0 Å². The Balaban J connectivity index is 2.36. The second-order valence-electron chi connectivity index (χ2n) is 4.79. The molecule has 0 fully saturated rings. The number of H-pyrrole nitrogens is 1. The molecule has 0 aliphatic heterocycles. The molecule has 0 bridgehead atoms. The Bertz CT molecular complexity index is 974. The topological polar surface area (TPSA) is 92.9 Å². The van der Waals surface area contributed by atoms with Crippen molar-refractivity contribution in [2.45, 2.75) is 0 Å². The zero-order valence-corrected chi connectivity index (χ0v) is 11.7. The number of nitrogens with two attached hydrogens (primary N) is 1. The maximum atomic E-state index is 13.9. The van der Waals surface area contributed by atoms with Gasteiger partial charge in [-0.05, 0) is 36.4 Å². The summed E-state index contributed by atoms with van der Waals surface area (Å²) in [7, 11) is 1.55. The molecule has 112 valence electrons. The van der Waals surface area contributed by atoms with E-state index in [2.05, 4.69) is 10.3 Å². The lowest BCUT2D eigenvalue weighted by atomic mass is 10.2. The largest absolute Gasteiger partial charge is 0.399 e. The minimum absolute atomic E-state index is 0.0907. The third-order valence-corrected chi connectivity index (χ3v) is 3.41. The fourth-order valence-corrected chi connectivity index (χ4v) is 2.29. The van der Waals surface area contributed by atoms with Crippen molar-refractivity contribution >= 4 is 22.3 Å². The van der Waals surface area contributed by atoms with Crippen molar-refractivity contribution in [1.82, 2.24) is 9.55 Å². The number of halogens is 1. The van der Waals surface area contributed by atoms with E-state index in [9.17, 15) is 14.0 Å². The molecule has 0 aliphatic rings. The molecular formula is C15H13FN4O2. The van der Waals surface area contributed by atoms with Gasteiger partial charge in [-0.25, -0.2) is 13.8 Å². The van der Waals surface area contributed by atoms with Crippen molar-refractivity contribution in [3.05, 3.63) is 63.1 Å². The summed E-state index contributed by atoms with van der Waals surface area (Å²) in [6.07, 6.45) is 0. The molecule has 6 nitrogen and oxygen atoms in total. The first kappa shape index (κ1) is 13.9. The first-order valence-electron chi connectivity index (χ1n) is 6.53. The third-order valence-electron chi connectivity index (χ3n) is 3.41. The van der Waals surface area contributed by atoms with Crippen molar-refractivity contribution < 1.29 is 4.39 Å². The van der Waals surface area contributed by atoms with Crippen LogP contribution in [0.3, 0.4) is 0 Å². The van der Waals surface area contributed by atoms with Crippen molar-refractivity contribution in [2.75, 3.05) is 18.1 Å². The number of aromatic nitrogens is 2. The molecule has 3 rings (SSSR count). The zero-order valence-electron chi connectivity index (χ0n) is 11.7. The zero-order chi connectivity index (χ0) is 15.9. The molecule has 22 heavy (non-hydrogen) atoms. The summed E-state index contributed by atoms with van der Waals surface area (Å²) in [5.41, 5.74) is 5.75. The van der Waals surface area contributed by atoms with E-state index < -0.39 is 17.1 Å². The van der Waals surface area contributed by atoms with Crippen LogP contribution in [-0.2, 0) is 0 Å². The Hall–Kier alpha value is -3.09. The predicted octanol–water partition coefficient (Wildman–Crippen LogP) is 1.44. The van der Waals surface area contributed by atoms with Gasteiger partial charge in [-0.1, -0.05) is 0 Å².